The van der Waals surface area contributed by atoms with Crippen molar-refractivity contribution in [2.45, 2.75) is 6.92 Å². The van der Waals surface area contributed by atoms with E-state index < -0.39 is 0 Å². The molecule has 0 aliphatic heterocycles. The van der Waals surface area contributed by atoms with Gasteiger partial charge in [0.05, 0.1) is 5.56 Å². The van der Waals surface area contributed by atoms with Crippen LogP contribution in [0.2, 0.25) is 0 Å². The Balaban J connectivity index is 1.99. The molecule has 0 bridgehead atoms. The van der Waals surface area contributed by atoms with Crippen LogP contribution in [0.3, 0.4) is 0 Å². The van der Waals surface area contributed by atoms with E-state index in [0.29, 0.717) is 11.7 Å². The van der Waals surface area contributed by atoms with Crippen LogP contribution in [-0.2, 0) is 0 Å². The summed E-state index contributed by atoms with van der Waals surface area (Å²) in [7, 11) is 0. The van der Waals surface area contributed by atoms with E-state index in [4.69, 9.17) is 10.5 Å². The van der Waals surface area contributed by atoms with Gasteiger partial charge in [-0.05, 0) is 42.0 Å². The number of fused-ring (bicyclic) bond motifs is 1. The second-order valence-electron chi connectivity index (χ2n) is 4.44. The Kier molecular flexibility index (Phi) is 3.28. The molecule has 2 aromatic carbocycles. The third-order valence-electron chi connectivity index (χ3n) is 3.07. The Labute approximate surface area is 124 Å². The second kappa shape index (κ2) is 5.09. The first kappa shape index (κ1) is 12.9. The summed E-state index contributed by atoms with van der Waals surface area (Å²) >= 11 is 3.46. The summed E-state index contributed by atoms with van der Waals surface area (Å²) in [6.07, 6.45) is 1.40. The smallest absolute Gasteiger partial charge is 0.227 e. The number of ether oxygens (including phenoxy) is 1. The zero-order valence-corrected chi connectivity index (χ0v) is 12.4. The Morgan fingerprint density at radius 2 is 1.80 bits per heavy atom. The summed E-state index contributed by atoms with van der Waals surface area (Å²) in [4.78, 5) is 8.03. The fourth-order valence-corrected chi connectivity index (χ4v) is 2.30. The number of halogens is 1. The standard InChI is InChI=1S/C15H12BrN3O/c1-9-14(17)18-8-19-15(9)20-13-5-3-10-6-12(16)4-2-11(10)7-13/h2-8H,1H3,(H2,17,18,19). The van der Waals surface area contributed by atoms with Gasteiger partial charge in [-0.25, -0.2) is 9.97 Å². The van der Waals surface area contributed by atoms with Crippen molar-refractivity contribution in [2.24, 2.45) is 0 Å². The van der Waals surface area contributed by atoms with E-state index in [2.05, 4.69) is 32.0 Å². The Morgan fingerprint density at radius 3 is 2.65 bits per heavy atom. The van der Waals surface area contributed by atoms with Gasteiger partial charge >= 0.3 is 0 Å². The van der Waals surface area contributed by atoms with Gasteiger partial charge in [-0.1, -0.05) is 28.1 Å². The Hall–Kier alpha value is -2.14. The number of hydrogen-bond acceptors (Lipinski definition) is 4. The van der Waals surface area contributed by atoms with Crippen LogP contribution in [0.15, 0.2) is 47.2 Å². The topological polar surface area (TPSA) is 61.0 Å². The summed E-state index contributed by atoms with van der Waals surface area (Å²) in [6.45, 7) is 1.84. The van der Waals surface area contributed by atoms with Crippen molar-refractivity contribution >= 4 is 32.5 Å². The molecule has 0 radical (unpaired) electrons. The van der Waals surface area contributed by atoms with Gasteiger partial charge in [0.25, 0.3) is 0 Å². The summed E-state index contributed by atoms with van der Waals surface area (Å²) in [5.74, 6) is 1.63. The van der Waals surface area contributed by atoms with Gasteiger partial charge in [0.1, 0.15) is 17.9 Å². The molecule has 100 valence electrons. The SMILES string of the molecule is Cc1c(N)ncnc1Oc1ccc2cc(Br)ccc2c1. The molecule has 0 amide bonds. The highest BCUT2D eigenvalue weighted by Gasteiger charge is 2.07. The molecular formula is C15H12BrN3O. The molecule has 1 heterocycles. The molecular weight excluding hydrogens is 318 g/mol. The maximum Gasteiger partial charge on any atom is 0.227 e. The molecule has 0 fully saturated rings. The summed E-state index contributed by atoms with van der Waals surface area (Å²) in [6, 6.07) is 12.0. The first-order chi connectivity index (χ1) is 9.63. The molecule has 3 rings (SSSR count). The average Bonchev–Trinajstić information content (AvgIpc) is 2.44. The average molecular weight is 330 g/mol. The summed E-state index contributed by atoms with van der Waals surface area (Å²) in [5.41, 5.74) is 6.48. The molecule has 5 heteroatoms. The van der Waals surface area contributed by atoms with E-state index in [1.807, 2.05) is 37.3 Å². The van der Waals surface area contributed by atoms with Gasteiger partial charge in [-0.3, -0.25) is 0 Å². The lowest BCUT2D eigenvalue weighted by molar-refractivity contribution is 0.458. The predicted molar refractivity (Wildman–Crippen MR) is 82.9 cm³/mol. The fraction of sp³-hybridized carbons (Fsp3) is 0.0667. The number of benzene rings is 2. The van der Waals surface area contributed by atoms with Crippen molar-refractivity contribution in [1.82, 2.24) is 9.97 Å². The molecule has 0 unspecified atom stereocenters. The Bertz CT molecular complexity index is 789. The molecule has 20 heavy (non-hydrogen) atoms. The minimum Gasteiger partial charge on any atom is -0.439 e. The van der Waals surface area contributed by atoms with Gasteiger partial charge in [-0.15, -0.1) is 0 Å². The van der Waals surface area contributed by atoms with Crippen molar-refractivity contribution in [3.63, 3.8) is 0 Å². The third kappa shape index (κ3) is 2.44. The van der Waals surface area contributed by atoms with E-state index in [1.54, 1.807) is 0 Å². The largest absolute Gasteiger partial charge is 0.439 e. The minimum absolute atomic E-state index is 0.430. The minimum atomic E-state index is 0.430. The molecule has 3 aromatic rings. The van der Waals surface area contributed by atoms with E-state index in [9.17, 15) is 0 Å². The number of rotatable bonds is 2. The van der Waals surface area contributed by atoms with Crippen molar-refractivity contribution < 1.29 is 4.74 Å². The molecule has 0 atom stereocenters. The van der Waals surface area contributed by atoms with Crippen LogP contribution < -0.4 is 10.5 Å². The number of aromatic nitrogens is 2. The van der Waals surface area contributed by atoms with E-state index in [1.165, 1.54) is 6.33 Å². The molecule has 1 aromatic heterocycles. The molecule has 0 spiro atoms. The van der Waals surface area contributed by atoms with Crippen LogP contribution >= 0.6 is 15.9 Å². The van der Waals surface area contributed by atoms with Gasteiger partial charge < -0.3 is 10.5 Å². The highest BCUT2D eigenvalue weighted by atomic mass is 79.9. The number of hydrogen-bond donors (Lipinski definition) is 1. The number of nitrogen functional groups attached to an aromatic ring is 1. The second-order valence-corrected chi connectivity index (χ2v) is 5.36. The van der Waals surface area contributed by atoms with Crippen LogP contribution in [0.4, 0.5) is 5.82 Å². The zero-order chi connectivity index (χ0) is 14.1. The lowest BCUT2D eigenvalue weighted by Crippen LogP contribution is -1.98. The first-order valence-corrected chi connectivity index (χ1v) is 6.87. The van der Waals surface area contributed by atoms with Crippen molar-refractivity contribution in [2.75, 3.05) is 5.73 Å². The van der Waals surface area contributed by atoms with Crippen LogP contribution in [0.5, 0.6) is 11.6 Å². The van der Waals surface area contributed by atoms with E-state index in [-0.39, 0.29) is 0 Å². The summed E-state index contributed by atoms with van der Waals surface area (Å²) < 4.78 is 6.84. The highest BCUT2D eigenvalue weighted by molar-refractivity contribution is 9.10. The molecule has 0 aliphatic carbocycles. The summed E-state index contributed by atoms with van der Waals surface area (Å²) in [5, 5.41) is 2.25. The van der Waals surface area contributed by atoms with E-state index >= 15 is 0 Å². The maximum absolute atomic E-state index is 5.79. The lowest BCUT2D eigenvalue weighted by Gasteiger charge is -2.09. The molecule has 0 saturated heterocycles. The fourth-order valence-electron chi connectivity index (χ4n) is 1.92. The highest BCUT2D eigenvalue weighted by Crippen LogP contribution is 2.28. The van der Waals surface area contributed by atoms with Gasteiger partial charge in [0, 0.05) is 4.47 Å². The zero-order valence-electron chi connectivity index (χ0n) is 10.8. The maximum atomic E-state index is 5.79. The van der Waals surface area contributed by atoms with Gasteiger partial charge in [0.15, 0.2) is 0 Å². The molecule has 0 saturated carbocycles. The molecule has 4 nitrogen and oxygen atoms in total. The van der Waals surface area contributed by atoms with Crippen LogP contribution in [0, 0.1) is 6.92 Å². The van der Waals surface area contributed by atoms with Crippen LogP contribution in [0.25, 0.3) is 10.8 Å². The van der Waals surface area contributed by atoms with Crippen molar-refractivity contribution in [1.29, 1.82) is 0 Å². The molecule has 2 N–H and O–H groups in total. The van der Waals surface area contributed by atoms with Crippen molar-refractivity contribution in [3.05, 3.63) is 52.8 Å². The van der Waals surface area contributed by atoms with Crippen LogP contribution in [-0.4, -0.2) is 9.97 Å². The normalized spacial score (nSPS) is 10.7. The predicted octanol–water partition coefficient (Wildman–Crippen LogP) is 4.08. The third-order valence-corrected chi connectivity index (χ3v) is 3.56. The number of nitrogens with zero attached hydrogens (tertiary/aromatic N) is 2. The number of anilines is 1. The monoisotopic (exact) mass is 329 g/mol. The lowest BCUT2D eigenvalue weighted by atomic mass is 10.1. The quantitative estimate of drug-likeness (QED) is 0.769. The Morgan fingerprint density at radius 1 is 1.05 bits per heavy atom. The van der Waals surface area contributed by atoms with Gasteiger partial charge in [0.2, 0.25) is 5.88 Å². The van der Waals surface area contributed by atoms with E-state index in [0.717, 1.165) is 26.6 Å². The molecule has 0 aliphatic rings. The first-order valence-electron chi connectivity index (χ1n) is 6.08. The van der Waals surface area contributed by atoms with Gasteiger partial charge in [-0.2, -0.15) is 0 Å². The van der Waals surface area contributed by atoms with Crippen LogP contribution in [0.1, 0.15) is 5.56 Å². The number of nitrogens with two attached hydrogens (primary N) is 1. The van der Waals surface area contributed by atoms with Crippen molar-refractivity contribution in [3.8, 4) is 11.6 Å².